The molecule has 0 saturated carbocycles. The molecule has 11 heteroatoms. The maximum atomic E-state index is 13.4. The van der Waals surface area contributed by atoms with Crippen LogP contribution in [0.4, 0.5) is 5.69 Å². The Morgan fingerprint density at radius 2 is 1.88 bits per heavy atom. The first-order valence-corrected chi connectivity index (χ1v) is 12.3. The molecule has 9 nitrogen and oxygen atoms in total. The van der Waals surface area contributed by atoms with E-state index >= 15 is 0 Å². The molecule has 0 spiro atoms. The van der Waals surface area contributed by atoms with Gasteiger partial charge in [-0.05, 0) is 60.8 Å². The molecule has 0 N–H and O–H groups in total. The van der Waals surface area contributed by atoms with E-state index in [4.69, 9.17) is 18.7 Å². The Labute approximate surface area is 194 Å². The van der Waals surface area contributed by atoms with E-state index in [1.165, 1.54) is 28.8 Å². The van der Waals surface area contributed by atoms with Crippen LogP contribution < -0.4 is 18.5 Å². The van der Waals surface area contributed by atoms with Gasteiger partial charge in [0.2, 0.25) is 12.6 Å². The first kappa shape index (κ1) is 21.3. The predicted octanol–water partition coefficient (Wildman–Crippen LogP) is 4.42. The quantitative estimate of drug-likeness (QED) is 0.379. The van der Waals surface area contributed by atoms with Crippen LogP contribution in [0.3, 0.4) is 0 Å². The first-order valence-electron chi connectivity index (χ1n) is 10.0. The molecule has 2 aromatic carbocycles. The van der Waals surface area contributed by atoms with Crippen LogP contribution >= 0.6 is 11.3 Å². The molecule has 0 radical (unpaired) electrons. The minimum absolute atomic E-state index is 0.0878. The summed E-state index contributed by atoms with van der Waals surface area (Å²) in [7, 11) is -2.38. The van der Waals surface area contributed by atoms with Crippen molar-refractivity contribution in [3.8, 4) is 39.4 Å². The van der Waals surface area contributed by atoms with Crippen LogP contribution in [0.5, 0.6) is 17.2 Å². The average Bonchev–Trinajstić information content (AvgIpc) is 3.59. The molecule has 33 heavy (non-hydrogen) atoms. The monoisotopic (exact) mass is 485 g/mol. The number of rotatable bonds is 7. The number of anilines is 1. The van der Waals surface area contributed by atoms with Crippen LogP contribution in [0.2, 0.25) is 0 Å². The fourth-order valence-electron chi connectivity index (χ4n) is 3.33. The molecular formula is C22H19N3O6S2. The highest BCUT2D eigenvalue weighted by atomic mass is 32.2. The summed E-state index contributed by atoms with van der Waals surface area (Å²) in [6.45, 7) is 2.58. The molecule has 3 heterocycles. The molecule has 0 saturated heterocycles. The Morgan fingerprint density at radius 1 is 1.09 bits per heavy atom. The van der Waals surface area contributed by atoms with E-state index in [0.29, 0.717) is 45.8 Å². The van der Waals surface area contributed by atoms with E-state index in [2.05, 4.69) is 10.1 Å². The lowest BCUT2D eigenvalue weighted by atomic mass is 10.2. The second-order valence-electron chi connectivity index (χ2n) is 7.00. The van der Waals surface area contributed by atoms with Gasteiger partial charge in [0, 0.05) is 12.6 Å². The summed E-state index contributed by atoms with van der Waals surface area (Å²) in [4.78, 5) is 4.88. The van der Waals surface area contributed by atoms with E-state index in [1.807, 2.05) is 6.92 Å². The van der Waals surface area contributed by atoms with Crippen molar-refractivity contribution in [2.24, 2.45) is 0 Å². The SMILES string of the molecule is CCOc1ccc(N(C)S(=O)(=O)c2ccsc2-c2nc(-c3ccc4c(c3)OCO4)no2)cc1. The van der Waals surface area contributed by atoms with Crippen LogP contribution in [0.1, 0.15) is 6.92 Å². The molecule has 2 aromatic heterocycles. The van der Waals surface area contributed by atoms with Crippen LogP contribution in [0.25, 0.3) is 22.2 Å². The van der Waals surface area contributed by atoms with Crippen molar-refractivity contribution in [1.29, 1.82) is 0 Å². The van der Waals surface area contributed by atoms with Crippen molar-refractivity contribution in [1.82, 2.24) is 10.1 Å². The molecule has 0 bridgehead atoms. The Morgan fingerprint density at radius 3 is 2.67 bits per heavy atom. The number of fused-ring (bicyclic) bond motifs is 1. The number of aromatic nitrogens is 2. The summed E-state index contributed by atoms with van der Waals surface area (Å²) in [5, 5.41) is 5.70. The van der Waals surface area contributed by atoms with Crippen LogP contribution in [-0.2, 0) is 10.0 Å². The average molecular weight is 486 g/mol. The molecular weight excluding hydrogens is 466 g/mol. The summed E-state index contributed by atoms with van der Waals surface area (Å²) in [6.07, 6.45) is 0. The first-order chi connectivity index (χ1) is 16.0. The molecule has 4 aromatic rings. The van der Waals surface area contributed by atoms with Crippen LogP contribution in [0.15, 0.2) is 63.3 Å². The van der Waals surface area contributed by atoms with Crippen LogP contribution in [-0.4, -0.2) is 39.0 Å². The van der Waals surface area contributed by atoms with Gasteiger partial charge in [-0.25, -0.2) is 8.42 Å². The molecule has 0 unspecified atom stereocenters. The number of nitrogens with zero attached hydrogens (tertiary/aromatic N) is 3. The van der Waals surface area contributed by atoms with Gasteiger partial charge in [-0.2, -0.15) is 4.98 Å². The number of hydrogen-bond acceptors (Lipinski definition) is 9. The second kappa shape index (κ2) is 8.41. The largest absolute Gasteiger partial charge is 0.494 e. The van der Waals surface area contributed by atoms with Gasteiger partial charge in [0.1, 0.15) is 15.5 Å². The van der Waals surface area contributed by atoms with Gasteiger partial charge in [-0.15, -0.1) is 11.3 Å². The maximum Gasteiger partial charge on any atom is 0.269 e. The zero-order valence-electron chi connectivity index (χ0n) is 17.7. The Kier molecular flexibility index (Phi) is 5.43. The zero-order valence-corrected chi connectivity index (χ0v) is 19.4. The van der Waals surface area contributed by atoms with E-state index in [1.54, 1.807) is 47.8 Å². The normalized spacial score (nSPS) is 12.7. The molecule has 5 rings (SSSR count). The summed E-state index contributed by atoms with van der Waals surface area (Å²) in [5.41, 5.74) is 1.17. The molecule has 0 atom stereocenters. The molecule has 170 valence electrons. The second-order valence-corrected chi connectivity index (χ2v) is 9.86. The summed E-state index contributed by atoms with van der Waals surface area (Å²) in [5.74, 6) is 2.35. The summed E-state index contributed by atoms with van der Waals surface area (Å²) < 4.78 is 49.5. The number of thiophene rings is 1. The minimum Gasteiger partial charge on any atom is -0.494 e. The third-order valence-corrected chi connectivity index (χ3v) is 7.89. The third kappa shape index (κ3) is 3.89. The topological polar surface area (TPSA) is 104 Å². The van der Waals surface area contributed by atoms with Gasteiger partial charge < -0.3 is 18.7 Å². The molecule has 1 aliphatic heterocycles. The van der Waals surface area contributed by atoms with Crippen molar-refractivity contribution in [3.63, 3.8) is 0 Å². The van der Waals surface area contributed by atoms with Gasteiger partial charge >= 0.3 is 0 Å². The predicted molar refractivity (Wildman–Crippen MR) is 122 cm³/mol. The van der Waals surface area contributed by atoms with Crippen molar-refractivity contribution in [2.75, 3.05) is 24.8 Å². The van der Waals surface area contributed by atoms with Crippen molar-refractivity contribution >= 4 is 27.0 Å². The molecule has 1 aliphatic rings. The van der Waals surface area contributed by atoms with E-state index in [0.717, 1.165) is 0 Å². The number of benzene rings is 2. The van der Waals surface area contributed by atoms with Crippen molar-refractivity contribution in [3.05, 3.63) is 53.9 Å². The van der Waals surface area contributed by atoms with E-state index < -0.39 is 10.0 Å². The van der Waals surface area contributed by atoms with Gasteiger partial charge in [-0.1, -0.05) is 5.16 Å². The highest BCUT2D eigenvalue weighted by Gasteiger charge is 2.29. The Bertz CT molecular complexity index is 1400. The smallest absolute Gasteiger partial charge is 0.269 e. The molecule has 0 amide bonds. The van der Waals surface area contributed by atoms with Crippen LogP contribution in [0, 0.1) is 0 Å². The number of hydrogen-bond donors (Lipinski definition) is 0. The van der Waals surface area contributed by atoms with Gasteiger partial charge in [-0.3, -0.25) is 4.31 Å². The van der Waals surface area contributed by atoms with Gasteiger partial charge in [0.05, 0.1) is 12.3 Å². The number of sulfonamides is 1. The van der Waals surface area contributed by atoms with E-state index in [-0.39, 0.29) is 17.6 Å². The third-order valence-electron chi connectivity index (χ3n) is 5.03. The van der Waals surface area contributed by atoms with Crippen molar-refractivity contribution < 1.29 is 27.2 Å². The highest BCUT2D eigenvalue weighted by molar-refractivity contribution is 7.93. The summed E-state index contributed by atoms with van der Waals surface area (Å²) >= 11 is 1.21. The highest BCUT2D eigenvalue weighted by Crippen LogP contribution is 2.38. The lowest BCUT2D eigenvalue weighted by Crippen LogP contribution is -2.26. The fourth-order valence-corrected chi connectivity index (χ4v) is 5.84. The number of ether oxygens (including phenoxy) is 3. The fraction of sp³-hybridized carbons (Fsp3) is 0.182. The molecule has 0 aliphatic carbocycles. The van der Waals surface area contributed by atoms with Gasteiger partial charge in [0.25, 0.3) is 15.9 Å². The summed E-state index contributed by atoms with van der Waals surface area (Å²) in [6, 6.07) is 13.7. The Hall–Kier alpha value is -3.57. The van der Waals surface area contributed by atoms with Gasteiger partial charge in [0.15, 0.2) is 11.5 Å². The van der Waals surface area contributed by atoms with E-state index in [9.17, 15) is 8.42 Å². The Balaban J connectivity index is 1.44. The minimum atomic E-state index is -3.88. The maximum absolute atomic E-state index is 13.4. The lowest BCUT2D eigenvalue weighted by molar-refractivity contribution is 0.174. The van der Waals surface area contributed by atoms with Crippen molar-refractivity contribution in [2.45, 2.75) is 11.8 Å². The zero-order chi connectivity index (χ0) is 23.0. The standard InChI is InChI=1S/C22H19N3O6S2/c1-3-28-16-7-5-15(6-8-16)25(2)33(26,27)19-10-11-32-20(19)22-23-21(24-31-22)14-4-9-17-18(12-14)30-13-29-17/h4-12H,3,13H2,1-2H3. The lowest BCUT2D eigenvalue weighted by Gasteiger charge is -2.19. The molecule has 0 fully saturated rings.